The molecule has 0 aliphatic carbocycles. The Bertz CT molecular complexity index is 858. The normalized spacial score (nSPS) is 12.2. The number of oxazole rings is 1. The number of hydrogen-bond donors (Lipinski definition) is 0. The second-order valence-corrected chi connectivity index (χ2v) is 4.35. The predicted molar refractivity (Wildman–Crippen MR) is 70.9 cm³/mol. The number of hydrogen-bond acceptors (Lipinski definition) is 5. The summed E-state index contributed by atoms with van der Waals surface area (Å²) in [5, 5.41) is 9.37. The fraction of sp³-hybridized carbons (Fsp3) is 0.143. The maximum absolute atomic E-state index is 11.5. The first-order chi connectivity index (χ1) is 9.70. The Morgan fingerprint density at radius 2 is 2.25 bits per heavy atom. The molecule has 6 nitrogen and oxygen atoms in total. The van der Waals surface area contributed by atoms with Gasteiger partial charge in [-0.1, -0.05) is 6.07 Å². The molecule has 0 bridgehead atoms. The van der Waals surface area contributed by atoms with Gasteiger partial charge >= 0.3 is 5.76 Å². The van der Waals surface area contributed by atoms with Gasteiger partial charge in [-0.05, 0) is 17.7 Å². The van der Waals surface area contributed by atoms with E-state index in [1.54, 1.807) is 43.8 Å². The molecule has 0 saturated carbocycles. The molecular formula is C14H10N4O2. The topological polar surface area (TPSA) is 84.7 Å². The number of nitrogens with zero attached hydrogens (tertiary/aromatic N) is 4. The Kier molecular flexibility index (Phi) is 2.80. The molecule has 1 unspecified atom stereocenters. The summed E-state index contributed by atoms with van der Waals surface area (Å²) < 4.78 is 6.48. The summed E-state index contributed by atoms with van der Waals surface area (Å²) in [5.41, 5.74) is 2.47. The largest absolute Gasteiger partial charge is 0.419 e. The van der Waals surface area contributed by atoms with Gasteiger partial charge in [-0.3, -0.25) is 14.5 Å². The van der Waals surface area contributed by atoms with Gasteiger partial charge < -0.3 is 4.42 Å². The maximum Gasteiger partial charge on any atom is 0.419 e. The third kappa shape index (κ3) is 1.86. The molecule has 0 amide bonds. The van der Waals surface area contributed by atoms with Crippen LogP contribution in [0.25, 0.3) is 11.1 Å². The van der Waals surface area contributed by atoms with Gasteiger partial charge in [0.2, 0.25) is 0 Å². The zero-order valence-electron chi connectivity index (χ0n) is 10.6. The Balaban J connectivity index is 2.16. The van der Waals surface area contributed by atoms with Crippen molar-refractivity contribution in [2.45, 2.75) is 5.92 Å². The van der Waals surface area contributed by atoms with E-state index in [1.807, 2.05) is 0 Å². The third-order valence-corrected chi connectivity index (χ3v) is 3.16. The molecule has 98 valence electrons. The van der Waals surface area contributed by atoms with Crippen LogP contribution >= 0.6 is 0 Å². The lowest BCUT2D eigenvalue weighted by atomic mass is 9.97. The van der Waals surface area contributed by atoms with Gasteiger partial charge in [0.1, 0.15) is 5.92 Å². The van der Waals surface area contributed by atoms with Crippen molar-refractivity contribution in [3.05, 3.63) is 58.6 Å². The highest BCUT2D eigenvalue weighted by Gasteiger charge is 2.17. The van der Waals surface area contributed by atoms with Crippen LogP contribution < -0.4 is 5.76 Å². The smallest absolute Gasteiger partial charge is 0.408 e. The van der Waals surface area contributed by atoms with Crippen LogP contribution in [-0.2, 0) is 7.05 Å². The number of fused-ring (bicyclic) bond motifs is 1. The monoisotopic (exact) mass is 266 g/mol. The molecule has 2 aromatic heterocycles. The van der Waals surface area contributed by atoms with Crippen LogP contribution in [0.3, 0.4) is 0 Å². The van der Waals surface area contributed by atoms with Crippen molar-refractivity contribution in [3.8, 4) is 6.07 Å². The molecule has 1 aromatic carbocycles. The zero-order valence-corrected chi connectivity index (χ0v) is 10.6. The van der Waals surface area contributed by atoms with Gasteiger partial charge in [-0.25, -0.2) is 4.79 Å². The summed E-state index contributed by atoms with van der Waals surface area (Å²) in [7, 11) is 1.63. The zero-order chi connectivity index (χ0) is 14.1. The minimum absolute atomic E-state index is 0.426. The molecule has 0 spiro atoms. The lowest BCUT2D eigenvalue weighted by molar-refractivity contribution is 0.528. The third-order valence-electron chi connectivity index (χ3n) is 3.16. The van der Waals surface area contributed by atoms with Gasteiger partial charge in [0.05, 0.1) is 23.5 Å². The Morgan fingerprint density at radius 1 is 1.40 bits per heavy atom. The van der Waals surface area contributed by atoms with E-state index in [0.717, 1.165) is 5.56 Å². The predicted octanol–water partition coefficient (Wildman–Crippen LogP) is 1.58. The Labute approximate surface area is 113 Å². The first-order valence-corrected chi connectivity index (χ1v) is 5.95. The molecule has 0 N–H and O–H groups in total. The highest BCUT2D eigenvalue weighted by atomic mass is 16.4. The van der Waals surface area contributed by atoms with Crippen LogP contribution in [0.15, 0.2) is 46.0 Å². The first-order valence-electron chi connectivity index (χ1n) is 5.95. The van der Waals surface area contributed by atoms with Crippen LogP contribution in [0, 0.1) is 11.3 Å². The molecule has 0 fully saturated rings. The highest BCUT2D eigenvalue weighted by molar-refractivity contribution is 5.74. The fourth-order valence-corrected chi connectivity index (χ4v) is 2.09. The van der Waals surface area contributed by atoms with Crippen LogP contribution in [0.4, 0.5) is 0 Å². The molecule has 3 aromatic rings. The average molecular weight is 266 g/mol. The van der Waals surface area contributed by atoms with E-state index in [2.05, 4.69) is 16.0 Å². The lowest BCUT2D eigenvalue weighted by Gasteiger charge is -2.08. The highest BCUT2D eigenvalue weighted by Crippen LogP contribution is 2.24. The van der Waals surface area contributed by atoms with E-state index >= 15 is 0 Å². The van der Waals surface area contributed by atoms with Gasteiger partial charge in [0.25, 0.3) is 0 Å². The SMILES string of the molecule is Cn1c(=O)oc2ccc(C(C#N)c3cnccn3)cc21. The van der Waals surface area contributed by atoms with Crippen LogP contribution in [-0.4, -0.2) is 14.5 Å². The second kappa shape index (κ2) is 4.63. The molecule has 3 rings (SSSR count). The average Bonchev–Trinajstić information content (AvgIpc) is 2.76. The fourth-order valence-electron chi connectivity index (χ4n) is 2.09. The van der Waals surface area contributed by atoms with Crippen molar-refractivity contribution in [1.29, 1.82) is 5.26 Å². The molecule has 0 aliphatic heterocycles. The second-order valence-electron chi connectivity index (χ2n) is 4.35. The lowest BCUT2D eigenvalue weighted by Crippen LogP contribution is -2.08. The van der Waals surface area contributed by atoms with Crippen molar-refractivity contribution in [3.63, 3.8) is 0 Å². The quantitative estimate of drug-likeness (QED) is 0.703. The molecule has 20 heavy (non-hydrogen) atoms. The van der Waals surface area contributed by atoms with Gasteiger partial charge in [-0.15, -0.1) is 0 Å². The molecule has 0 aliphatic rings. The molecule has 1 atom stereocenters. The summed E-state index contributed by atoms with van der Waals surface area (Å²) >= 11 is 0. The molecule has 0 radical (unpaired) electrons. The summed E-state index contributed by atoms with van der Waals surface area (Å²) in [4.78, 5) is 19.6. The molecule has 0 saturated heterocycles. The molecular weight excluding hydrogens is 256 g/mol. The van der Waals surface area contributed by atoms with E-state index in [4.69, 9.17) is 4.42 Å². The minimum Gasteiger partial charge on any atom is -0.408 e. The summed E-state index contributed by atoms with van der Waals surface area (Å²) in [5.74, 6) is -0.955. The van der Waals surface area contributed by atoms with E-state index in [9.17, 15) is 10.1 Å². The number of aromatic nitrogens is 3. The van der Waals surface area contributed by atoms with Crippen LogP contribution in [0.5, 0.6) is 0 Å². The summed E-state index contributed by atoms with van der Waals surface area (Å²) in [6.45, 7) is 0. The molecule has 2 heterocycles. The van der Waals surface area contributed by atoms with Gasteiger partial charge in [-0.2, -0.15) is 5.26 Å². The van der Waals surface area contributed by atoms with Gasteiger partial charge in [0, 0.05) is 19.4 Å². The number of nitriles is 1. The van der Waals surface area contributed by atoms with E-state index in [1.165, 1.54) is 4.57 Å². The Hall–Kier alpha value is -2.94. The maximum atomic E-state index is 11.5. The Morgan fingerprint density at radius 3 is 2.95 bits per heavy atom. The molecule has 6 heteroatoms. The van der Waals surface area contributed by atoms with Crippen molar-refractivity contribution < 1.29 is 4.42 Å². The van der Waals surface area contributed by atoms with Crippen molar-refractivity contribution >= 4 is 11.1 Å². The van der Waals surface area contributed by atoms with Gasteiger partial charge in [0.15, 0.2) is 5.58 Å². The van der Waals surface area contributed by atoms with Crippen molar-refractivity contribution in [1.82, 2.24) is 14.5 Å². The van der Waals surface area contributed by atoms with E-state index < -0.39 is 11.7 Å². The number of benzene rings is 1. The summed E-state index contributed by atoms with van der Waals surface area (Å²) in [6, 6.07) is 7.42. The van der Waals surface area contributed by atoms with Crippen molar-refractivity contribution in [2.24, 2.45) is 7.05 Å². The van der Waals surface area contributed by atoms with Crippen LogP contribution in [0.1, 0.15) is 17.2 Å². The standard InChI is InChI=1S/C14H10N4O2/c1-18-12-6-9(2-3-13(12)20-14(18)19)10(7-15)11-8-16-4-5-17-11/h2-6,8,10H,1H3. The number of aryl methyl sites for hydroxylation is 1. The first kappa shape index (κ1) is 12.1. The van der Waals surface area contributed by atoms with E-state index in [-0.39, 0.29) is 0 Å². The van der Waals surface area contributed by atoms with E-state index in [0.29, 0.717) is 16.8 Å². The minimum atomic E-state index is -0.530. The number of rotatable bonds is 2. The van der Waals surface area contributed by atoms with Crippen molar-refractivity contribution in [2.75, 3.05) is 0 Å². The summed E-state index contributed by atoms with van der Waals surface area (Å²) in [6.07, 6.45) is 4.67. The van der Waals surface area contributed by atoms with Crippen LogP contribution in [0.2, 0.25) is 0 Å².